The van der Waals surface area contributed by atoms with E-state index in [1.807, 2.05) is 26.0 Å². The lowest BCUT2D eigenvalue weighted by atomic mass is 9.97. The van der Waals surface area contributed by atoms with Crippen molar-refractivity contribution >= 4 is 23.4 Å². The first-order valence-electron chi connectivity index (χ1n) is 9.44. The summed E-state index contributed by atoms with van der Waals surface area (Å²) in [4.78, 5) is 25.4. The molecule has 0 saturated carbocycles. The van der Waals surface area contributed by atoms with E-state index in [0.717, 1.165) is 12.0 Å². The van der Waals surface area contributed by atoms with Gasteiger partial charge in [-0.1, -0.05) is 37.9 Å². The average molecular weight is 419 g/mol. The summed E-state index contributed by atoms with van der Waals surface area (Å²) in [5.74, 6) is 0.630. The normalized spacial score (nSPS) is 12.6. The molecule has 2 N–H and O–H groups in total. The predicted molar refractivity (Wildman–Crippen MR) is 114 cm³/mol. The molecule has 156 valence electrons. The Morgan fingerprint density at radius 1 is 1.03 bits per heavy atom. The van der Waals surface area contributed by atoms with Gasteiger partial charge >= 0.3 is 0 Å². The molecule has 0 aliphatic rings. The Bertz CT molecular complexity index is 839. The van der Waals surface area contributed by atoms with Gasteiger partial charge in [-0.25, -0.2) is 0 Å². The van der Waals surface area contributed by atoms with Crippen LogP contribution in [0.15, 0.2) is 42.5 Å². The van der Waals surface area contributed by atoms with Gasteiger partial charge in [0.1, 0.15) is 6.04 Å². The molecule has 7 heteroatoms. The van der Waals surface area contributed by atoms with E-state index in [1.165, 1.54) is 0 Å². The van der Waals surface area contributed by atoms with E-state index >= 15 is 0 Å². The van der Waals surface area contributed by atoms with Gasteiger partial charge in [-0.3, -0.25) is 9.59 Å². The lowest BCUT2D eigenvalue weighted by Crippen LogP contribution is -2.50. The molecule has 0 heterocycles. The topological polar surface area (TPSA) is 76.7 Å². The number of methoxy groups -OCH3 is 2. The molecule has 2 aromatic carbocycles. The highest BCUT2D eigenvalue weighted by molar-refractivity contribution is 6.30. The van der Waals surface area contributed by atoms with Crippen LogP contribution in [0.5, 0.6) is 11.5 Å². The van der Waals surface area contributed by atoms with Crippen molar-refractivity contribution in [2.75, 3.05) is 14.2 Å². The zero-order valence-corrected chi connectivity index (χ0v) is 17.9. The summed E-state index contributed by atoms with van der Waals surface area (Å²) in [7, 11) is 3.13. The Labute approximate surface area is 176 Å². The second kappa shape index (κ2) is 10.7. The molecule has 6 nitrogen and oxygen atoms in total. The first-order valence-corrected chi connectivity index (χ1v) is 9.82. The lowest BCUT2D eigenvalue weighted by molar-refractivity contribution is -0.124. The molecule has 2 aromatic rings. The van der Waals surface area contributed by atoms with Crippen molar-refractivity contribution in [2.24, 2.45) is 5.92 Å². The van der Waals surface area contributed by atoms with Gasteiger partial charge in [0.15, 0.2) is 11.5 Å². The van der Waals surface area contributed by atoms with Gasteiger partial charge < -0.3 is 20.1 Å². The van der Waals surface area contributed by atoms with Crippen molar-refractivity contribution < 1.29 is 19.1 Å². The van der Waals surface area contributed by atoms with E-state index in [0.29, 0.717) is 28.6 Å². The van der Waals surface area contributed by atoms with Crippen LogP contribution in [0.4, 0.5) is 0 Å². The second-order valence-corrected chi connectivity index (χ2v) is 7.19. The Kier molecular flexibility index (Phi) is 8.34. The smallest absolute Gasteiger partial charge is 0.251 e. The number of amides is 2. The summed E-state index contributed by atoms with van der Waals surface area (Å²) in [5, 5.41) is 6.29. The summed E-state index contributed by atoms with van der Waals surface area (Å²) >= 11 is 5.87. The van der Waals surface area contributed by atoms with E-state index in [9.17, 15) is 9.59 Å². The molecule has 29 heavy (non-hydrogen) atoms. The molecule has 0 aliphatic heterocycles. The van der Waals surface area contributed by atoms with Gasteiger partial charge in [0.05, 0.1) is 14.2 Å². The minimum Gasteiger partial charge on any atom is -0.493 e. The lowest BCUT2D eigenvalue weighted by Gasteiger charge is -2.23. The zero-order valence-electron chi connectivity index (χ0n) is 17.1. The summed E-state index contributed by atoms with van der Waals surface area (Å²) < 4.78 is 10.5. The summed E-state index contributed by atoms with van der Waals surface area (Å²) in [6, 6.07) is 11.4. The highest BCUT2D eigenvalue weighted by Gasteiger charge is 2.26. The van der Waals surface area contributed by atoms with Gasteiger partial charge in [-0.05, 0) is 47.9 Å². The molecule has 2 unspecified atom stereocenters. The van der Waals surface area contributed by atoms with Crippen LogP contribution in [0.25, 0.3) is 0 Å². The number of ether oxygens (including phenoxy) is 2. The van der Waals surface area contributed by atoms with Gasteiger partial charge in [-0.15, -0.1) is 0 Å². The molecule has 2 atom stereocenters. The number of hydrogen-bond acceptors (Lipinski definition) is 4. The number of carbonyl (C=O) groups excluding carboxylic acids is 2. The van der Waals surface area contributed by atoms with E-state index < -0.39 is 6.04 Å². The van der Waals surface area contributed by atoms with Gasteiger partial charge in [0, 0.05) is 17.1 Å². The summed E-state index contributed by atoms with van der Waals surface area (Å²) in [5.41, 5.74) is 1.32. The molecule has 0 spiro atoms. The Hall–Kier alpha value is -2.73. The maximum absolute atomic E-state index is 12.8. The van der Waals surface area contributed by atoms with Gasteiger partial charge in [0.25, 0.3) is 5.91 Å². The highest BCUT2D eigenvalue weighted by atomic mass is 35.5. The molecule has 0 fully saturated rings. The van der Waals surface area contributed by atoms with Gasteiger partial charge in [0.2, 0.25) is 5.91 Å². The summed E-state index contributed by atoms with van der Waals surface area (Å²) in [6.07, 6.45) is 0.745. The maximum atomic E-state index is 12.8. The standard InChI is InChI=1S/C22H27ClN2O4/c1-5-14(2)20(25-21(26)16-7-9-17(23)10-8-16)22(27)24-13-15-6-11-18(28-3)19(12-15)29-4/h6-12,14,20H,5,13H2,1-4H3,(H,24,27)(H,25,26). The van der Waals surface area contributed by atoms with Crippen LogP contribution < -0.4 is 20.1 Å². The van der Waals surface area contributed by atoms with E-state index in [2.05, 4.69) is 10.6 Å². The van der Waals surface area contributed by atoms with Crippen molar-refractivity contribution in [3.8, 4) is 11.5 Å². The predicted octanol–water partition coefficient (Wildman–Crippen LogP) is 3.82. The molecule has 0 bridgehead atoms. The third kappa shape index (κ3) is 6.12. The molecular weight excluding hydrogens is 392 g/mol. The van der Waals surface area contributed by atoms with E-state index in [4.69, 9.17) is 21.1 Å². The van der Waals surface area contributed by atoms with Crippen molar-refractivity contribution in [1.29, 1.82) is 0 Å². The first-order chi connectivity index (χ1) is 13.9. The van der Waals surface area contributed by atoms with Crippen LogP contribution >= 0.6 is 11.6 Å². The van der Waals surface area contributed by atoms with Crippen LogP contribution in [-0.4, -0.2) is 32.1 Å². The highest BCUT2D eigenvalue weighted by Crippen LogP contribution is 2.27. The van der Waals surface area contributed by atoms with Crippen molar-refractivity contribution in [2.45, 2.75) is 32.9 Å². The fraction of sp³-hybridized carbons (Fsp3) is 0.364. The number of halogens is 1. The van der Waals surface area contributed by atoms with E-state index in [1.54, 1.807) is 44.6 Å². The molecule has 2 amide bonds. The summed E-state index contributed by atoms with van der Waals surface area (Å²) in [6.45, 7) is 4.22. The van der Waals surface area contributed by atoms with Crippen LogP contribution in [0.3, 0.4) is 0 Å². The molecule has 0 aromatic heterocycles. The van der Waals surface area contributed by atoms with Crippen molar-refractivity contribution in [3.63, 3.8) is 0 Å². The molecular formula is C22H27ClN2O4. The third-order valence-electron chi connectivity index (χ3n) is 4.80. The average Bonchev–Trinajstić information content (AvgIpc) is 2.75. The third-order valence-corrected chi connectivity index (χ3v) is 5.06. The van der Waals surface area contributed by atoms with Gasteiger partial charge in [-0.2, -0.15) is 0 Å². The maximum Gasteiger partial charge on any atom is 0.251 e. The molecule has 0 aliphatic carbocycles. The SMILES string of the molecule is CCC(C)C(NC(=O)c1ccc(Cl)cc1)C(=O)NCc1ccc(OC)c(OC)c1. The fourth-order valence-electron chi connectivity index (χ4n) is 2.82. The number of nitrogens with one attached hydrogen (secondary N) is 2. The number of benzene rings is 2. The Balaban J connectivity index is 2.07. The minimum atomic E-state index is -0.650. The quantitative estimate of drug-likeness (QED) is 0.649. The van der Waals surface area contributed by atoms with Crippen LogP contribution in [0.1, 0.15) is 36.2 Å². The van der Waals surface area contributed by atoms with Crippen molar-refractivity contribution in [1.82, 2.24) is 10.6 Å². The number of carbonyl (C=O) groups is 2. The van der Waals surface area contributed by atoms with Crippen LogP contribution in [0, 0.1) is 5.92 Å². The Morgan fingerprint density at radius 3 is 2.28 bits per heavy atom. The number of hydrogen-bond donors (Lipinski definition) is 2. The molecule has 0 saturated heterocycles. The van der Waals surface area contributed by atoms with E-state index in [-0.39, 0.29) is 17.7 Å². The Morgan fingerprint density at radius 2 is 1.69 bits per heavy atom. The zero-order chi connectivity index (χ0) is 21.4. The largest absolute Gasteiger partial charge is 0.493 e. The second-order valence-electron chi connectivity index (χ2n) is 6.75. The first kappa shape index (κ1) is 22.6. The van der Waals surface area contributed by atoms with Crippen LogP contribution in [0.2, 0.25) is 5.02 Å². The molecule has 0 radical (unpaired) electrons. The minimum absolute atomic E-state index is 0.0309. The fourth-order valence-corrected chi connectivity index (χ4v) is 2.94. The number of rotatable bonds is 9. The monoisotopic (exact) mass is 418 g/mol. The molecule has 2 rings (SSSR count). The van der Waals surface area contributed by atoms with Crippen molar-refractivity contribution in [3.05, 3.63) is 58.6 Å². The van der Waals surface area contributed by atoms with Crippen LogP contribution in [-0.2, 0) is 11.3 Å².